The lowest BCUT2D eigenvalue weighted by atomic mass is 10.2. The summed E-state index contributed by atoms with van der Waals surface area (Å²) < 4.78 is 38.6. The van der Waals surface area contributed by atoms with Gasteiger partial charge in [-0.3, -0.25) is 4.79 Å². The van der Waals surface area contributed by atoms with E-state index in [0.717, 1.165) is 12.1 Å². The highest BCUT2D eigenvalue weighted by molar-refractivity contribution is 6.31. The number of likely N-dealkylation sites (N-methyl/N-ethyl adjacent to an activating group) is 1. The molecule has 0 aliphatic rings. The van der Waals surface area contributed by atoms with Gasteiger partial charge >= 0.3 is 6.18 Å². The lowest BCUT2D eigenvalue weighted by molar-refractivity contribution is -0.137. The minimum Gasteiger partial charge on any atom is -0.351 e. The average molecular weight is 388 g/mol. The summed E-state index contributed by atoms with van der Waals surface area (Å²) >= 11 is 5.57. The van der Waals surface area contributed by atoms with Crippen LogP contribution >= 0.6 is 11.6 Å². The number of alkyl halides is 3. The Labute approximate surface area is 153 Å². The Morgan fingerprint density at radius 2 is 1.88 bits per heavy atom. The van der Waals surface area contributed by atoms with E-state index in [-0.39, 0.29) is 23.1 Å². The molecular formula is C16H17ClF3N5O. The Balaban J connectivity index is 2.04. The number of hydrogen-bond donors (Lipinski definition) is 2. The second-order valence-electron chi connectivity index (χ2n) is 5.67. The number of aromatic nitrogens is 2. The van der Waals surface area contributed by atoms with E-state index < -0.39 is 16.8 Å². The molecule has 0 unspecified atom stereocenters. The van der Waals surface area contributed by atoms with Gasteiger partial charge in [0.25, 0.3) is 5.91 Å². The van der Waals surface area contributed by atoms with Gasteiger partial charge in [-0.25, -0.2) is 9.97 Å². The van der Waals surface area contributed by atoms with Crippen molar-refractivity contribution in [3.63, 3.8) is 0 Å². The zero-order valence-corrected chi connectivity index (χ0v) is 14.8. The van der Waals surface area contributed by atoms with Crippen molar-refractivity contribution in [2.24, 2.45) is 0 Å². The molecule has 0 atom stereocenters. The van der Waals surface area contributed by atoms with Crippen LogP contribution < -0.4 is 10.6 Å². The van der Waals surface area contributed by atoms with E-state index in [1.165, 1.54) is 18.5 Å². The molecule has 140 valence electrons. The zero-order chi connectivity index (χ0) is 19.3. The van der Waals surface area contributed by atoms with Crippen LogP contribution in [0.25, 0.3) is 0 Å². The van der Waals surface area contributed by atoms with Gasteiger partial charge in [-0.2, -0.15) is 13.2 Å². The summed E-state index contributed by atoms with van der Waals surface area (Å²) in [5, 5.41) is 4.96. The highest BCUT2D eigenvalue weighted by atomic mass is 35.5. The molecule has 0 saturated heterocycles. The number of carbonyl (C=O) groups excluding carboxylic acids is 1. The van der Waals surface area contributed by atoms with Gasteiger partial charge in [0.1, 0.15) is 0 Å². The first-order valence-corrected chi connectivity index (χ1v) is 7.93. The van der Waals surface area contributed by atoms with Gasteiger partial charge in [-0.1, -0.05) is 11.6 Å². The fourth-order valence-corrected chi connectivity index (χ4v) is 2.18. The normalized spacial score (nSPS) is 11.5. The van der Waals surface area contributed by atoms with E-state index in [9.17, 15) is 18.0 Å². The SMILES string of the molecule is CN(C)CCNC(=O)c1cnc(Nc2ccc(Cl)c(C(F)(F)F)c2)nc1. The summed E-state index contributed by atoms with van der Waals surface area (Å²) in [6, 6.07) is 3.38. The Bertz CT molecular complexity index is 765. The standard InChI is InChI=1S/C16H17ClF3N5O/c1-25(2)6-5-21-14(26)10-8-22-15(23-9-10)24-11-3-4-13(17)12(7-11)16(18,19)20/h3-4,7-9H,5-6H2,1-2H3,(H,21,26)(H,22,23,24). The number of anilines is 2. The second-order valence-corrected chi connectivity index (χ2v) is 6.08. The molecule has 10 heteroatoms. The molecule has 1 aromatic heterocycles. The third kappa shape index (κ3) is 5.57. The lowest BCUT2D eigenvalue weighted by Gasteiger charge is -2.12. The molecule has 2 aromatic rings. The zero-order valence-electron chi connectivity index (χ0n) is 14.1. The maximum atomic E-state index is 12.9. The Morgan fingerprint density at radius 3 is 2.46 bits per heavy atom. The number of carbonyl (C=O) groups is 1. The van der Waals surface area contributed by atoms with E-state index in [0.29, 0.717) is 13.1 Å². The minimum absolute atomic E-state index is 0.0605. The first kappa shape index (κ1) is 19.9. The topological polar surface area (TPSA) is 70.2 Å². The Kier molecular flexibility index (Phi) is 6.38. The molecule has 0 radical (unpaired) electrons. The van der Waals surface area contributed by atoms with Crippen LogP contribution in [0.1, 0.15) is 15.9 Å². The molecule has 0 bridgehead atoms. The first-order chi connectivity index (χ1) is 12.2. The molecule has 0 aliphatic heterocycles. The molecule has 0 spiro atoms. The molecule has 26 heavy (non-hydrogen) atoms. The predicted octanol–water partition coefficient (Wildman–Crippen LogP) is 3.18. The number of benzene rings is 1. The second kappa shape index (κ2) is 8.33. The van der Waals surface area contributed by atoms with Crippen LogP contribution in [0, 0.1) is 0 Å². The van der Waals surface area contributed by atoms with E-state index >= 15 is 0 Å². The van der Waals surface area contributed by atoms with Crippen molar-refractivity contribution in [2.45, 2.75) is 6.18 Å². The van der Waals surface area contributed by atoms with Crippen molar-refractivity contribution in [3.05, 3.63) is 46.7 Å². The largest absolute Gasteiger partial charge is 0.417 e. The number of nitrogens with zero attached hydrogens (tertiary/aromatic N) is 3. The third-order valence-electron chi connectivity index (χ3n) is 3.29. The van der Waals surface area contributed by atoms with Gasteiger partial charge in [-0.15, -0.1) is 0 Å². The van der Waals surface area contributed by atoms with E-state index in [2.05, 4.69) is 20.6 Å². The summed E-state index contributed by atoms with van der Waals surface area (Å²) in [5.74, 6) is -0.269. The van der Waals surface area contributed by atoms with Crippen molar-refractivity contribution < 1.29 is 18.0 Å². The molecule has 0 aliphatic carbocycles. The van der Waals surface area contributed by atoms with Gasteiger partial charge in [-0.05, 0) is 32.3 Å². The van der Waals surface area contributed by atoms with E-state index in [1.54, 1.807) is 0 Å². The van der Waals surface area contributed by atoms with E-state index in [1.807, 2.05) is 19.0 Å². The third-order valence-corrected chi connectivity index (χ3v) is 3.62. The van der Waals surface area contributed by atoms with Crippen LogP contribution in [-0.4, -0.2) is 48.0 Å². The molecule has 2 N–H and O–H groups in total. The predicted molar refractivity (Wildman–Crippen MR) is 92.7 cm³/mol. The van der Waals surface area contributed by atoms with Crippen LogP contribution in [0.15, 0.2) is 30.6 Å². The maximum Gasteiger partial charge on any atom is 0.417 e. The van der Waals surface area contributed by atoms with Crippen LogP contribution in [0.2, 0.25) is 5.02 Å². The highest BCUT2D eigenvalue weighted by Crippen LogP contribution is 2.36. The smallest absolute Gasteiger partial charge is 0.351 e. The molecule has 1 amide bonds. The van der Waals surface area contributed by atoms with Gasteiger partial charge in [0.05, 0.1) is 16.1 Å². The van der Waals surface area contributed by atoms with Crippen LogP contribution in [0.4, 0.5) is 24.8 Å². The van der Waals surface area contributed by atoms with Gasteiger partial charge in [0, 0.05) is 31.2 Å². The number of amides is 1. The molecule has 2 rings (SSSR count). The first-order valence-electron chi connectivity index (χ1n) is 7.55. The summed E-state index contributed by atoms with van der Waals surface area (Å²) in [4.78, 5) is 21.7. The van der Waals surface area contributed by atoms with Gasteiger partial charge in [0.2, 0.25) is 5.95 Å². The summed E-state index contributed by atoms with van der Waals surface area (Å²) in [5.41, 5.74) is -0.577. The van der Waals surface area contributed by atoms with Gasteiger partial charge in [0.15, 0.2) is 0 Å². The van der Waals surface area contributed by atoms with Gasteiger partial charge < -0.3 is 15.5 Å². The molecule has 6 nitrogen and oxygen atoms in total. The molecule has 1 aromatic carbocycles. The van der Waals surface area contributed by atoms with Crippen molar-refractivity contribution in [3.8, 4) is 0 Å². The van der Waals surface area contributed by atoms with Crippen LogP contribution in [0.5, 0.6) is 0 Å². The summed E-state index contributed by atoms with van der Waals surface area (Å²) in [7, 11) is 3.77. The van der Waals surface area contributed by atoms with Crippen molar-refractivity contribution in [1.29, 1.82) is 0 Å². The fourth-order valence-electron chi connectivity index (χ4n) is 1.95. The molecule has 1 heterocycles. The molecular weight excluding hydrogens is 371 g/mol. The van der Waals surface area contributed by atoms with Crippen LogP contribution in [-0.2, 0) is 6.18 Å². The summed E-state index contributed by atoms with van der Waals surface area (Å²) in [6.45, 7) is 1.15. The number of hydrogen-bond acceptors (Lipinski definition) is 5. The van der Waals surface area contributed by atoms with Crippen molar-refractivity contribution in [2.75, 3.05) is 32.5 Å². The van der Waals surface area contributed by atoms with Crippen molar-refractivity contribution >= 4 is 29.1 Å². The average Bonchev–Trinajstić information content (AvgIpc) is 2.56. The monoisotopic (exact) mass is 387 g/mol. The van der Waals surface area contributed by atoms with E-state index in [4.69, 9.17) is 11.6 Å². The Hall–Kier alpha value is -2.39. The minimum atomic E-state index is -4.57. The molecule has 0 saturated carbocycles. The number of rotatable bonds is 6. The molecule has 0 fully saturated rings. The highest BCUT2D eigenvalue weighted by Gasteiger charge is 2.33. The lowest BCUT2D eigenvalue weighted by Crippen LogP contribution is -2.31. The van der Waals surface area contributed by atoms with Crippen LogP contribution in [0.3, 0.4) is 0 Å². The quantitative estimate of drug-likeness (QED) is 0.796. The summed E-state index contributed by atoms with van der Waals surface area (Å²) in [6.07, 6.45) is -1.98. The number of nitrogens with one attached hydrogen (secondary N) is 2. The van der Waals surface area contributed by atoms with Crippen molar-refractivity contribution in [1.82, 2.24) is 20.2 Å². The fraction of sp³-hybridized carbons (Fsp3) is 0.312. The maximum absolute atomic E-state index is 12.9. The Morgan fingerprint density at radius 1 is 1.23 bits per heavy atom. The number of halogens is 4.